The number of carbonyl (C=O) groups is 2. The fourth-order valence-electron chi connectivity index (χ4n) is 3.54. The van der Waals surface area contributed by atoms with E-state index in [1.165, 1.54) is 12.1 Å². The summed E-state index contributed by atoms with van der Waals surface area (Å²) in [6.07, 6.45) is 3.28. The third kappa shape index (κ3) is 5.23. The van der Waals surface area contributed by atoms with Crippen LogP contribution in [0, 0.1) is 0 Å². The zero-order valence-corrected chi connectivity index (χ0v) is 17.9. The molecule has 2 amide bonds. The molecule has 154 valence electrons. The molecule has 29 heavy (non-hydrogen) atoms. The van der Waals surface area contributed by atoms with E-state index in [4.69, 9.17) is 34.8 Å². The van der Waals surface area contributed by atoms with Gasteiger partial charge in [-0.3, -0.25) is 9.59 Å². The lowest BCUT2D eigenvalue weighted by Crippen LogP contribution is -2.44. The highest BCUT2D eigenvalue weighted by molar-refractivity contribution is 6.37. The van der Waals surface area contributed by atoms with Crippen molar-refractivity contribution < 1.29 is 14.7 Å². The van der Waals surface area contributed by atoms with Crippen molar-refractivity contribution in [1.82, 2.24) is 4.90 Å². The van der Waals surface area contributed by atoms with Gasteiger partial charge in [0, 0.05) is 29.2 Å². The van der Waals surface area contributed by atoms with E-state index in [1.54, 1.807) is 29.2 Å². The largest absolute Gasteiger partial charge is 0.396 e. The van der Waals surface area contributed by atoms with Gasteiger partial charge in [0.1, 0.15) is 0 Å². The summed E-state index contributed by atoms with van der Waals surface area (Å²) < 4.78 is 0. The molecule has 0 aliphatic carbocycles. The van der Waals surface area contributed by atoms with Crippen molar-refractivity contribution in [2.45, 2.75) is 31.7 Å². The Labute approximate surface area is 184 Å². The Hall–Kier alpha value is -1.79. The zero-order valence-electron chi connectivity index (χ0n) is 15.6. The average Bonchev–Trinajstić information content (AvgIpc) is 2.69. The van der Waals surface area contributed by atoms with Gasteiger partial charge in [0.15, 0.2) is 0 Å². The Morgan fingerprint density at radius 2 is 1.76 bits per heavy atom. The number of anilines is 1. The maximum atomic E-state index is 13.3. The third-order valence-corrected chi connectivity index (χ3v) is 5.77. The van der Waals surface area contributed by atoms with Gasteiger partial charge in [0.25, 0.3) is 11.8 Å². The minimum absolute atomic E-state index is 0.0165. The van der Waals surface area contributed by atoms with Crippen molar-refractivity contribution >= 4 is 52.3 Å². The van der Waals surface area contributed by atoms with E-state index in [1.807, 2.05) is 0 Å². The van der Waals surface area contributed by atoms with Crippen LogP contribution in [0.1, 0.15) is 46.4 Å². The quantitative estimate of drug-likeness (QED) is 0.645. The summed E-state index contributed by atoms with van der Waals surface area (Å²) in [5, 5.41) is 13.1. The second kappa shape index (κ2) is 9.81. The summed E-state index contributed by atoms with van der Waals surface area (Å²) in [4.78, 5) is 27.8. The molecule has 0 bridgehead atoms. The predicted molar refractivity (Wildman–Crippen MR) is 116 cm³/mol. The lowest BCUT2D eigenvalue weighted by Gasteiger charge is -2.36. The second-order valence-electron chi connectivity index (χ2n) is 6.93. The van der Waals surface area contributed by atoms with Gasteiger partial charge in [0.05, 0.1) is 21.8 Å². The van der Waals surface area contributed by atoms with Crippen molar-refractivity contribution in [2.75, 3.05) is 18.5 Å². The number of piperidine rings is 1. The molecule has 5 nitrogen and oxygen atoms in total. The van der Waals surface area contributed by atoms with Gasteiger partial charge in [-0.25, -0.2) is 0 Å². The molecule has 0 spiro atoms. The molecule has 1 saturated heterocycles. The highest BCUT2D eigenvalue weighted by Crippen LogP contribution is 2.28. The number of likely N-dealkylation sites (tertiary alicyclic amines) is 1. The van der Waals surface area contributed by atoms with Crippen molar-refractivity contribution in [3.05, 3.63) is 62.6 Å². The first kappa shape index (κ1) is 21.9. The van der Waals surface area contributed by atoms with E-state index in [-0.39, 0.29) is 29.1 Å². The Kier molecular flexibility index (Phi) is 7.41. The molecule has 1 heterocycles. The summed E-state index contributed by atoms with van der Waals surface area (Å²) in [7, 11) is 0. The van der Waals surface area contributed by atoms with Gasteiger partial charge < -0.3 is 15.3 Å². The number of aliphatic hydroxyl groups excluding tert-OH is 1. The molecule has 2 aromatic rings. The molecule has 2 N–H and O–H groups in total. The van der Waals surface area contributed by atoms with Crippen LogP contribution in [0.5, 0.6) is 0 Å². The predicted octanol–water partition coefficient (Wildman–Crippen LogP) is 5.28. The van der Waals surface area contributed by atoms with Crippen LogP contribution in [-0.4, -0.2) is 41.0 Å². The van der Waals surface area contributed by atoms with Gasteiger partial charge in [0.2, 0.25) is 0 Å². The molecule has 1 unspecified atom stereocenters. The van der Waals surface area contributed by atoms with Crippen LogP contribution in [0.3, 0.4) is 0 Å². The topological polar surface area (TPSA) is 69.6 Å². The fourth-order valence-corrected chi connectivity index (χ4v) is 4.20. The first-order valence-corrected chi connectivity index (χ1v) is 10.5. The Bertz CT molecular complexity index is 918. The highest BCUT2D eigenvalue weighted by Gasteiger charge is 2.29. The van der Waals surface area contributed by atoms with Gasteiger partial charge >= 0.3 is 0 Å². The van der Waals surface area contributed by atoms with Crippen LogP contribution in [-0.2, 0) is 0 Å². The number of hydrogen-bond acceptors (Lipinski definition) is 3. The van der Waals surface area contributed by atoms with Crippen molar-refractivity contribution in [1.29, 1.82) is 0 Å². The van der Waals surface area contributed by atoms with Crippen molar-refractivity contribution in [2.24, 2.45) is 0 Å². The number of aliphatic hydroxyl groups is 1. The number of nitrogens with zero attached hydrogens (tertiary/aromatic N) is 1. The van der Waals surface area contributed by atoms with Gasteiger partial charge in [-0.15, -0.1) is 0 Å². The smallest absolute Gasteiger partial charge is 0.257 e. The van der Waals surface area contributed by atoms with Crippen LogP contribution in [0.25, 0.3) is 0 Å². The minimum atomic E-state index is -0.450. The van der Waals surface area contributed by atoms with E-state index in [2.05, 4.69) is 5.32 Å². The van der Waals surface area contributed by atoms with E-state index in [0.717, 1.165) is 19.3 Å². The molecule has 1 aliphatic rings. The monoisotopic (exact) mass is 454 g/mol. The van der Waals surface area contributed by atoms with E-state index in [0.29, 0.717) is 34.3 Å². The van der Waals surface area contributed by atoms with Gasteiger partial charge in [-0.2, -0.15) is 0 Å². The minimum Gasteiger partial charge on any atom is -0.396 e. The molecular weight excluding hydrogens is 435 g/mol. The maximum absolute atomic E-state index is 13.3. The summed E-state index contributed by atoms with van der Waals surface area (Å²) in [6, 6.07) is 9.31. The molecule has 0 saturated carbocycles. The van der Waals surface area contributed by atoms with Crippen LogP contribution in [0.15, 0.2) is 36.4 Å². The molecule has 2 aromatic carbocycles. The Balaban J connectivity index is 1.89. The summed E-state index contributed by atoms with van der Waals surface area (Å²) in [6.45, 7) is 0.620. The third-order valence-electron chi connectivity index (χ3n) is 4.99. The molecule has 1 fully saturated rings. The summed E-state index contributed by atoms with van der Waals surface area (Å²) >= 11 is 18.2. The number of amides is 2. The lowest BCUT2D eigenvalue weighted by molar-refractivity contribution is 0.0575. The van der Waals surface area contributed by atoms with Crippen LogP contribution >= 0.6 is 34.8 Å². The summed E-state index contributed by atoms with van der Waals surface area (Å²) in [5.41, 5.74) is 0.907. The lowest BCUT2D eigenvalue weighted by atomic mass is 9.98. The fraction of sp³-hybridized carbons (Fsp3) is 0.333. The van der Waals surface area contributed by atoms with Gasteiger partial charge in [-0.1, -0.05) is 34.8 Å². The Morgan fingerprint density at radius 1 is 1.03 bits per heavy atom. The highest BCUT2D eigenvalue weighted by atomic mass is 35.5. The van der Waals surface area contributed by atoms with E-state index >= 15 is 0 Å². The number of nitrogens with one attached hydrogen (secondary N) is 1. The average molecular weight is 456 g/mol. The zero-order chi connectivity index (χ0) is 21.0. The number of rotatable bonds is 5. The van der Waals surface area contributed by atoms with E-state index < -0.39 is 5.91 Å². The molecular formula is C21H21Cl3N2O3. The second-order valence-corrected chi connectivity index (χ2v) is 8.21. The molecule has 3 rings (SSSR count). The number of carbonyl (C=O) groups excluding carboxylic acids is 2. The van der Waals surface area contributed by atoms with Crippen LogP contribution in [0.4, 0.5) is 5.69 Å². The van der Waals surface area contributed by atoms with Gasteiger partial charge in [-0.05, 0) is 62.1 Å². The number of benzene rings is 2. The summed E-state index contributed by atoms with van der Waals surface area (Å²) in [5.74, 6) is -0.670. The molecule has 0 radical (unpaired) electrons. The molecule has 8 heteroatoms. The normalized spacial score (nSPS) is 16.6. The van der Waals surface area contributed by atoms with Crippen LogP contribution < -0.4 is 5.32 Å². The molecule has 0 aromatic heterocycles. The number of hydrogen-bond donors (Lipinski definition) is 2. The molecule has 1 aliphatic heterocycles. The first-order valence-electron chi connectivity index (χ1n) is 9.38. The Morgan fingerprint density at radius 3 is 2.48 bits per heavy atom. The van der Waals surface area contributed by atoms with Crippen molar-refractivity contribution in [3.8, 4) is 0 Å². The SMILES string of the molecule is O=C(Nc1ccc(Cl)cc1C(=O)N1CCCCC1CCO)c1ccc(Cl)cc1Cl. The van der Waals surface area contributed by atoms with E-state index in [9.17, 15) is 14.7 Å². The standard InChI is InChI=1S/C21H21Cl3N2O3/c22-13-5-7-19(25-20(28)16-6-4-14(23)12-18(16)24)17(11-13)21(29)26-9-2-1-3-15(26)8-10-27/h4-7,11-12,15,27H,1-3,8-10H2,(H,25,28). The molecule has 1 atom stereocenters. The van der Waals surface area contributed by atoms with Crippen molar-refractivity contribution in [3.63, 3.8) is 0 Å². The first-order chi connectivity index (χ1) is 13.9. The maximum Gasteiger partial charge on any atom is 0.257 e. The number of halogens is 3. The van der Waals surface area contributed by atoms with Crippen LogP contribution in [0.2, 0.25) is 15.1 Å².